The van der Waals surface area contributed by atoms with E-state index in [1.807, 2.05) is 0 Å². The fraction of sp³-hybridized carbons (Fsp3) is 1.00. The first kappa shape index (κ1) is 14.8. The van der Waals surface area contributed by atoms with Gasteiger partial charge >= 0.3 is 0 Å². The minimum atomic E-state index is 0.580. The van der Waals surface area contributed by atoms with Crippen molar-refractivity contribution in [1.82, 2.24) is 9.80 Å². The van der Waals surface area contributed by atoms with Crippen LogP contribution in [0.1, 0.15) is 45.4 Å². The number of rotatable bonds is 5. The number of hydrogen-bond acceptors (Lipinski definition) is 2. The normalized spacial score (nSPS) is 26.0. The van der Waals surface area contributed by atoms with E-state index in [9.17, 15) is 0 Å². The quantitative estimate of drug-likeness (QED) is 0.718. The largest absolute Gasteiger partial charge is 0.303 e. The van der Waals surface area contributed by atoms with E-state index in [-0.39, 0.29) is 0 Å². The van der Waals surface area contributed by atoms with Gasteiger partial charge in [-0.2, -0.15) is 0 Å². The third-order valence-electron chi connectivity index (χ3n) is 5.16. The predicted molar refractivity (Wildman–Crippen MR) is 82.5 cm³/mol. The maximum absolute atomic E-state index is 3.77. The Kier molecular flexibility index (Phi) is 5.52. The monoisotopic (exact) mass is 316 g/mol. The second kappa shape index (κ2) is 6.71. The number of nitrogens with zero attached hydrogens (tertiary/aromatic N) is 2. The minimum Gasteiger partial charge on any atom is -0.303 e. The highest BCUT2D eigenvalue weighted by molar-refractivity contribution is 9.09. The fourth-order valence-corrected chi connectivity index (χ4v) is 4.53. The summed E-state index contributed by atoms with van der Waals surface area (Å²) in [6.07, 6.45) is 8.46. The highest BCUT2D eigenvalue weighted by Crippen LogP contribution is 2.40. The van der Waals surface area contributed by atoms with E-state index < -0.39 is 0 Å². The molecule has 2 fully saturated rings. The van der Waals surface area contributed by atoms with E-state index in [0.717, 1.165) is 6.04 Å². The Labute approximate surface area is 121 Å². The highest BCUT2D eigenvalue weighted by atomic mass is 79.9. The number of likely N-dealkylation sites (tertiary alicyclic amines) is 1. The number of halogens is 1. The van der Waals surface area contributed by atoms with Gasteiger partial charge in [-0.25, -0.2) is 0 Å². The van der Waals surface area contributed by atoms with Crippen LogP contribution >= 0.6 is 15.9 Å². The van der Waals surface area contributed by atoms with E-state index in [4.69, 9.17) is 0 Å². The van der Waals surface area contributed by atoms with E-state index in [2.05, 4.69) is 39.7 Å². The summed E-state index contributed by atoms with van der Waals surface area (Å²) in [6.45, 7) is 7.40. The molecule has 106 valence electrons. The van der Waals surface area contributed by atoms with Crippen LogP contribution in [0.3, 0.4) is 0 Å². The second-order valence-corrected chi connectivity index (χ2v) is 6.98. The second-order valence-electron chi connectivity index (χ2n) is 6.42. The third kappa shape index (κ3) is 3.49. The Morgan fingerprint density at radius 3 is 2.33 bits per heavy atom. The van der Waals surface area contributed by atoms with E-state index in [1.165, 1.54) is 70.0 Å². The van der Waals surface area contributed by atoms with Crippen molar-refractivity contribution in [2.24, 2.45) is 5.41 Å². The molecule has 2 nitrogen and oxygen atoms in total. The first-order valence-electron chi connectivity index (χ1n) is 7.68. The molecule has 2 aliphatic rings. The number of piperidine rings is 1. The molecular weight excluding hydrogens is 288 g/mol. The van der Waals surface area contributed by atoms with E-state index in [1.54, 1.807) is 0 Å². The van der Waals surface area contributed by atoms with E-state index in [0.29, 0.717) is 5.41 Å². The lowest BCUT2D eigenvalue weighted by Crippen LogP contribution is -2.46. The zero-order valence-corrected chi connectivity index (χ0v) is 13.7. The van der Waals surface area contributed by atoms with Crippen LogP contribution in [0.4, 0.5) is 0 Å². The zero-order valence-electron chi connectivity index (χ0n) is 12.1. The van der Waals surface area contributed by atoms with Gasteiger partial charge in [-0.3, -0.25) is 0 Å². The lowest BCUT2D eigenvalue weighted by atomic mass is 9.87. The van der Waals surface area contributed by atoms with Gasteiger partial charge < -0.3 is 9.80 Å². The average Bonchev–Trinajstić information content (AvgIpc) is 2.88. The van der Waals surface area contributed by atoms with E-state index >= 15 is 0 Å². The summed E-state index contributed by atoms with van der Waals surface area (Å²) >= 11 is 3.77. The van der Waals surface area contributed by atoms with Gasteiger partial charge in [0, 0.05) is 17.9 Å². The van der Waals surface area contributed by atoms with Crippen LogP contribution in [0.25, 0.3) is 0 Å². The predicted octanol–water partition coefficient (Wildman–Crippen LogP) is 3.36. The SMILES string of the molecule is CCN1CCC(N(C)CC2(CBr)CCCC2)CC1. The molecule has 0 N–H and O–H groups in total. The van der Waals surface area contributed by atoms with Crippen molar-refractivity contribution in [3.05, 3.63) is 0 Å². The molecule has 1 saturated heterocycles. The van der Waals surface area contributed by atoms with Crippen molar-refractivity contribution in [2.45, 2.75) is 51.5 Å². The molecule has 1 aliphatic carbocycles. The Balaban J connectivity index is 1.82. The molecule has 18 heavy (non-hydrogen) atoms. The summed E-state index contributed by atoms with van der Waals surface area (Å²) in [7, 11) is 2.36. The van der Waals surface area contributed by atoms with Crippen LogP contribution < -0.4 is 0 Å². The molecule has 1 saturated carbocycles. The molecule has 1 aliphatic heterocycles. The smallest absolute Gasteiger partial charge is 0.0117 e. The summed E-state index contributed by atoms with van der Waals surface area (Å²) in [5.74, 6) is 0. The van der Waals surface area contributed by atoms with Crippen LogP contribution in [-0.4, -0.2) is 54.4 Å². The summed E-state index contributed by atoms with van der Waals surface area (Å²) < 4.78 is 0. The molecule has 0 bridgehead atoms. The van der Waals surface area contributed by atoms with Crippen molar-refractivity contribution in [1.29, 1.82) is 0 Å². The first-order valence-corrected chi connectivity index (χ1v) is 8.80. The molecule has 0 aromatic carbocycles. The van der Waals surface area contributed by atoms with Crippen molar-refractivity contribution in [3.8, 4) is 0 Å². The molecule has 3 heteroatoms. The topological polar surface area (TPSA) is 6.48 Å². The van der Waals surface area contributed by atoms with Crippen molar-refractivity contribution < 1.29 is 0 Å². The molecular formula is C15H29BrN2. The van der Waals surface area contributed by atoms with Gasteiger partial charge in [0.25, 0.3) is 0 Å². The third-order valence-corrected chi connectivity index (χ3v) is 6.35. The minimum absolute atomic E-state index is 0.580. The van der Waals surface area contributed by atoms with Gasteiger partial charge in [0.15, 0.2) is 0 Å². The number of alkyl halides is 1. The summed E-state index contributed by atoms with van der Waals surface area (Å²) in [5, 5.41) is 1.19. The lowest BCUT2D eigenvalue weighted by molar-refractivity contribution is 0.0971. The van der Waals surface area contributed by atoms with Crippen molar-refractivity contribution >= 4 is 15.9 Å². The van der Waals surface area contributed by atoms with Crippen LogP contribution in [0.2, 0.25) is 0 Å². The van der Waals surface area contributed by atoms with Gasteiger partial charge in [-0.1, -0.05) is 35.7 Å². The average molecular weight is 317 g/mol. The zero-order chi connectivity index (χ0) is 13.0. The van der Waals surface area contributed by atoms with Gasteiger partial charge in [-0.15, -0.1) is 0 Å². The Morgan fingerprint density at radius 1 is 1.22 bits per heavy atom. The molecule has 2 rings (SSSR count). The molecule has 0 amide bonds. The van der Waals surface area contributed by atoms with Crippen molar-refractivity contribution in [2.75, 3.05) is 38.6 Å². The van der Waals surface area contributed by atoms with Crippen LogP contribution in [-0.2, 0) is 0 Å². The van der Waals surface area contributed by atoms with Crippen LogP contribution in [0, 0.1) is 5.41 Å². The fourth-order valence-electron chi connectivity index (χ4n) is 3.79. The summed E-state index contributed by atoms with van der Waals surface area (Å²) in [6, 6.07) is 0.823. The highest BCUT2D eigenvalue weighted by Gasteiger charge is 2.35. The molecule has 0 spiro atoms. The first-order chi connectivity index (χ1) is 8.69. The summed E-state index contributed by atoms with van der Waals surface area (Å²) in [5.41, 5.74) is 0.580. The molecule has 1 heterocycles. The molecule has 0 unspecified atom stereocenters. The summed E-state index contributed by atoms with van der Waals surface area (Å²) in [4.78, 5) is 5.25. The van der Waals surface area contributed by atoms with Crippen LogP contribution in [0.5, 0.6) is 0 Å². The molecule has 0 aromatic rings. The Bertz CT molecular complexity index is 243. The lowest BCUT2D eigenvalue weighted by Gasteiger charge is -2.40. The van der Waals surface area contributed by atoms with Gasteiger partial charge in [0.1, 0.15) is 0 Å². The molecule has 0 atom stereocenters. The van der Waals surface area contributed by atoms with Gasteiger partial charge in [0.2, 0.25) is 0 Å². The molecule has 0 aromatic heterocycles. The van der Waals surface area contributed by atoms with Gasteiger partial charge in [-0.05, 0) is 57.8 Å². The van der Waals surface area contributed by atoms with Gasteiger partial charge in [0.05, 0.1) is 0 Å². The maximum Gasteiger partial charge on any atom is 0.0117 e. The Morgan fingerprint density at radius 2 is 1.83 bits per heavy atom. The maximum atomic E-state index is 3.77. The molecule has 0 radical (unpaired) electrons. The Hall–Kier alpha value is 0.400. The van der Waals surface area contributed by atoms with Crippen LogP contribution in [0.15, 0.2) is 0 Å². The van der Waals surface area contributed by atoms with Crippen molar-refractivity contribution in [3.63, 3.8) is 0 Å². The number of hydrogen-bond donors (Lipinski definition) is 0. The standard InChI is InChI=1S/C15H29BrN2/c1-3-18-10-6-14(7-11-18)17(2)13-15(12-16)8-4-5-9-15/h14H,3-13H2,1-2H3.